The van der Waals surface area contributed by atoms with Crippen molar-refractivity contribution in [2.75, 3.05) is 0 Å². The topological polar surface area (TPSA) is 17.1 Å². The highest BCUT2D eigenvalue weighted by Crippen LogP contribution is 2.23. The minimum atomic E-state index is -2.29. The molecule has 16 heavy (non-hydrogen) atoms. The van der Waals surface area contributed by atoms with Crippen molar-refractivity contribution in [3.63, 3.8) is 0 Å². The summed E-state index contributed by atoms with van der Waals surface area (Å²) in [6, 6.07) is 0. The Morgan fingerprint density at radius 2 is 1.31 bits per heavy atom. The molecule has 0 aromatic heterocycles. The number of allylic oxidation sites excluding steroid dienone is 1. The average molecular weight is 236 g/mol. The lowest BCUT2D eigenvalue weighted by atomic mass is 10.1. The molecule has 0 fully saturated rings. The van der Waals surface area contributed by atoms with Crippen molar-refractivity contribution < 1.29 is 26.7 Å². The Bertz CT molecular complexity index is 438. The van der Waals surface area contributed by atoms with E-state index in [-0.39, 0.29) is 0 Å². The Morgan fingerprint density at radius 1 is 0.938 bits per heavy atom. The van der Waals surface area contributed by atoms with Gasteiger partial charge in [0.05, 0.1) is 5.56 Å². The van der Waals surface area contributed by atoms with E-state index in [2.05, 4.69) is 6.58 Å². The molecule has 86 valence electrons. The van der Waals surface area contributed by atoms with E-state index in [0.717, 1.165) is 6.08 Å². The van der Waals surface area contributed by atoms with Crippen LogP contribution >= 0.6 is 0 Å². The number of carbonyl (C=O) groups is 1. The van der Waals surface area contributed by atoms with E-state index in [1.165, 1.54) is 0 Å². The van der Waals surface area contributed by atoms with Crippen LogP contribution in [-0.2, 0) is 0 Å². The molecule has 1 rings (SSSR count). The molecule has 0 atom stereocenters. The standard InChI is InChI=1S/C10H5F5O/c1-2-3-4(16)5-6(11)8(13)10(15)9(14)7(5)12/h2H,1,3H2. The predicted molar refractivity (Wildman–Crippen MR) is 45.4 cm³/mol. The summed E-state index contributed by atoms with van der Waals surface area (Å²) in [6.45, 7) is 3.12. The number of hydrogen-bond donors (Lipinski definition) is 0. The van der Waals surface area contributed by atoms with E-state index in [4.69, 9.17) is 0 Å². The van der Waals surface area contributed by atoms with Crippen LogP contribution in [0.2, 0.25) is 0 Å². The normalized spacial score (nSPS) is 10.3. The third-order valence-electron chi connectivity index (χ3n) is 1.82. The Balaban J connectivity index is 3.51. The fourth-order valence-electron chi connectivity index (χ4n) is 1.08. The molecule has 0 aliphatic rings. The zero-order valence-corrected chi connectivity index (χ0v) is 7.79. The maximum absolute atomic E-state index is 13.0. The van der Waals surface area contributed by atoms with Crippen molar-refractivity contribution >= 4 is 5.78 Å². The number of ketones is 1. The summed E-state index contributed by atoms with van der Waals surface area (Å²) in [7, 11) is 0. The van der Waals surface area contributed by atoms with Gasteiger partial charge in [0, 0.05) is 6.42 Å². The smallest absolute Gasteiger partial charge is 0.200 e. The van der Waals surface area contributed by atoms with Crippen LogP contribution < -0.4 is 0 Å². The van der Waals surface area contributed by atoms with Crippen LogP contribution in [0.3, 0.4) is 0 Å². The van der Waals surface area contributed by atoms with Crippen LogP contribution in [0.15, 0.2) is 12.7 Å². The summed E-state index contributed by atoms with van der Waals surface area (Å²) in [5.41, 5.74) is -1.43. The van der Waals surface area contributed by atoms with Crippen molar-refractivity contribution in [1.82, 2.24) is 0 Å². The van der Waals surface area contributed by atoms with Gasteiger partial charge in [-0.2, -0.15) is 0 Å². The lowest BCUT2D eigenvalue weighted by Crippen LogP contribution is -2.12. The molecule has 1 aromatic rings. The summed E-state index contributed by atoms with van der Waals surface area (Å²) in [5, 5.41) is 0. The van der Waals surface area contributed by atoms with Crippen LogP contribution in [0.4, 0.5) is 22.0 Å². The van der Waals surface area contributed by atoms with Gasteiger partial charge in [0.15, 0.2) is 29.1 Å². The molecule has 0 spiro atoms. The second-order valence-electron chi connectivity index (χ2n) is 2.86. The lowest BCUT2D eigenvalue weighted by molar-refractivity contribution is 0.0984. The second-order valence-corrected chi connectivity index (χ2v) is 2.86. The van der Waals surface area contributed by atoms with Crippen molar-refractivity contribution in [2.45, 2.75) is 6.42 Å². The number of carbonyl (C=O) groups excluding carboxylic acids is 1. The van der Waals surface area contributed by atoms with E-state index in [0.29, 0.717) is 0 Å². The van der Waals surface area contributed by atoms with Gasteiger partial charge in [-0.3, -0.25) is 4.79 Å². The lowest BCUT2D eigenvalue weighted by Gasteiger charge is -2.05. The minimum absolute atomic E-state index is 0.516. The number of hydrogen-bond acceptors (Lipinski definition) is 1. The molecular formula is C10H5F5O. The summed E-state index contributed by atoms with van der Waals surface area (Å²) < 4.78 is 63.9. The summed E-state index contributed by atoms with van der Waals surface area (Å²) in [6.07, 6.45) is 0.485. The van der Waals surface area contributed by atoms with Gasteiger partial charge in [-0.05, 0) is 0 Å². The zero-order chi connectivity index (χ0) is 12.5. The average Bonchev–Trinajstić information content (AvgIpc) is 2.24. The first-order chi connectivity index (χ1) is 7.41. The maximum atomic E-state index is 13.0. The Kier molecular flexibility index (Phi) is 3.41. The van der Waals surface area contributed by atoms with Gasteiger partial charge in [-0.1, -0.05) is 6.08 Å². The molecule has 0 radical (unpaired) electrons. The molecule has 0 N–H and O–H groups in total. The highest BCUT2D eigenvalue weighted by atomic mass is 19.2. The van der Waals surface area contributed by atoms with Gasteiger partial charge < -0.3 is 0 Å². The van der Waals surface area contributed by atoms with E-state index in [1.54, 1.807) is 0 Å². The molecule has 0 amide bonds. The molecule has 0 saturated heterocycles. The van der Waals surface area contributed by atoms with E-state index >= 15 is 0 Å². The number of halogens is 5. The third-order valence-corrected chi connectivity index (χ3v) is 1.82. The molecule has 0 unspecified atom stereocenters. The number of Topliss-reactive ketones (excluding diaryl/α,β-unsaturated/α-hetero) is 1. The van der Waals surface area contributed by atoms with Crippen LogP contribution in [0, 0.1) is 29.1 Å². The van der Waals surface area contributed by atoms with E-state index in [1.807, 2.05) is 0 Å². The first kappa shape index (κ1) is 12.4. The zero-order valence-electron chi connectivity index (χ0n) is 7.79. The molecule has 6 heteroatoms. The molecule has 1 nitrogen and oxygen atoms in total. The summed E-state index contributed by atoms with van der Waals surface area (Å²) in [4.78, 5) is 11.1. The summed E-state index contributed by atoms with van der Waals surface area (Å²) >= 11 is 0. The minimum Gasteiger partial charge on any atom is -0.294 e. The number of benzene rings is 1. The van der Waals surface area contributed by atoms with E-state index < -0.39 is 46.9 Å². The van der Waals surface area contributed by atoms with Crippen molar-refractivity contribution in [3.8, 4) is 0 Å². The van der Waals surface area contributed by atoms with Crippen molar-refractivity contribution in [3.05, 3.63) is 47.3 Å². The Hall–Kier alpha value is -1.72. The maximum Gasteiger partial charge on any atom is 0.200 e. The SMILES string of the molecule is C=CCC(=O)c1c(F)c(F)c(F)c(F)c1F. The van der Waals surface area contributed by atoms with Gasteiger partial charge in [0.2, 0.25) is 5.82 Å². The first-order valence-corrected chi connectivity index (χ1v) is 4.07. The second kappa shape index (κ2) is 4.42. The molecular weight excluding hydrogens is 231 g/mol. The van der Waals surface area contributed by atoms with Gasteiger partial charge in [0.1, 0.15) is 0 Å². The number of rotatable bonds is 3. The van der Waals surface area contributed by atoms with Gasteiger partial charge in [0.25, 0.3) is 0 Å². The Morgan fingerprint density at radius 3 is 1.69 bits per heavy atom. The van der Waals surface area contributed by atoms with Gasteiger partial charge >= 0.3 is 0 Å². The Labute approximate surface area is 87.2 Å². The molecule has 0 aliphatic carbocycles. The molecule has 0 heterocycles. The fourth-order valence-corrected chi connectivity index (χ4v) is 1.08. The van der Waals surface area contributed by atoms with Gasteiger partial charge in [-0.15, -0.1) is 6.58 Å². The third kappa shape index (κ3) is 1.82. The molecule has 0 aliphatic heterocycles. The van der Waals surface area contributed by atoms with Crippen LogP contribution in [-0.4, -0.2) is 5.78 Å². The van der Waals surface area contributed by atoms with Gasteiger partial charge in [-0.25, -0.2) is 22.0 Å². The van der Waals surface area contributed by atoms with Crippen molar-refractivity contribution in [2.24, 2.45) is 0 Å². The molecule has 0 saturated carbocycles. The van der Waals surface area contributed by atoms with Crippen LogP contribution in [0.1, 0.15) is 16.8 Å². The van der Waals surface area contributed by atoms with Crippen LogP contribution in [0.25, 0.3) is 0 Å². The quantitative estimate of drug-likeness (QED) is 0.259. The molecule has 0 bridgehead atoms. The van der Waals surface area contributed by atoms with E-state index in [9.17, 15) is 26.7 Å². The largest absolute Gasteiger partial charge is 0.294 e. The first-order valence-electron chi connectivity index (χ1n) is 4.07. The predicted octanol–water partition coefficient (Wildman–Crippen LogP) is 3.14. The highest BCUT2D eigenvalue weighted by Gasteiger charge is 2.28. The van der Waals surface area contributed by atoms with Crippen LogP contribution in [0.5, 0.6) is 0 Å². The summed E-state index contributed by atoms with van der Waals surface area (Å²) in [5.74, 6) is -12.0. The highest BCUT2D eigenvalue weighted by molar-refractivity contribution is 5.97. The molecule has 1 aromatic carbocycles. The van der Waals surface area contributed by atoms with Crippen molar-refractivity contribution in [1.29, 1.82) is 0 Å². The monoisotopic (exact) mass is 236 g/mol. The fraction of sp³-hybridized carbons (Fsp3) is 0.100.